The molecule has 0 spiro atoms. The zero-order valence-electron chi connectivity index (χ0n) is 17.7. The van der Waals surface area contributed by atoms with Crippen LogP contribution in [0.1, 0.15) is 28.3 Å². The van der Waals surface area contributed by atoms with Crippen molar-refractivity contribution >= 4 is 29.1 Å². The Morgan fingerprint density at radius 1 is 1.03 bits per heavy atom. The van der Waals surface area contributed by atoms with Gasteiger partial charge in [-0.05, 0) is 30.7 Å². The van der Waals surface area contributed by atoms with E-state index in [-0.39, 0.29) is 17.9 Å². The third-order valence-electron chi connectivity index (χ3n) is 5.53. The predicted molar refractivity (Wildman–Crippen MR) is 123 cm³/mol. The number of carbonyl (C=O) groups excluding carboxylic acids is 2. The van der Waals surface area contributed by atoms with E-state index in [1.165, 1.54) is 4.90 Å². The SMILES string of the molecule is COc1ccccc1CN1C(=O)C(=O)/C(=C(\O)c2cccc(Cl)c2)C1c1cccc(C)c1. The summed E-state index contributed by atoms with van der Waals surface area (Å²) in [5.74, 6) is -1.04. The van der Waals surface area contributed by atoms with Crippen molar-refractivity contribution in [1.82, 2.24) is 4.90 Å². The number of carbonyl (C=O) groups is 2. The van der Waals surface area contributed by atoms with Crippen LogP contribution >= 0.6 is 11.6 Å². The van der Waals surface area contributed by atoms with Crippen LogP contribution in [0.2, 0.25) is 5.02 Å². The van der Waals surface area contributed by atoms with Gasteiger partial charge in [-0.2, -0.15) is 0 Å². The van der Waals surface area contributed by atoms with E-state index in [0.29, 0.717) is 16.3 Å². The fourth-order valence-corrected chi connectivity index (χ4v) is 4.23. The van der Waals surface area contributed by atoms with Gasteiger partial charge in [0.1, 0.15) is 11.5 Å². The molecule has 0 saturated carbocycles. The van der Waals surface area contributed by atoms with Crippen molar-refractivity contribution in [2.75, 3.05) is 7.11 Å². The Balaban J connectivity index is 1.89. The minimum atomic E-state index is -0.751. The quantitative estimate of drug-likeness (QED) is 0.328. The van der Waals surface area contributed by atoms with Crippen LogP contribution in [0.3, 0.4) is 0 Å². The van der Waals surface area contributed by atoms with Gasteiger partial charge in [-0.15, -0.1) is 0 Å². The van der Waals surface area contributed by atoms with Gasteiger partial charge in [0.15, 0.2) is 0 Å². The van der Waals surface area contributed by atoms with Crippen LogP contribution in [-0.4, -0.2) is 28.8 Å². The number of methoxy groups -OCH3 is 1. The standard InChI is InChI=1S/C26H22ClNO4/c1-16-7-5-9-17(13-16)23-22(24(29)18-10-6-11-20(27)14-18)25(30)26(31)28(23)15-19-8-3-4-12-21(19)32-2/h3-14,23,29H,15H2,1-2H3/b24-22-. The van der Waals surface area contributed by atoms with Crippen molar-refractivity contribution in [3.63, 3.8) is 0 Å². The van der Waals surface area contributed by atoms with Gasteiger partial charge in [0, 0.05) is 16.1 Å². The number of Topliss-reactive ketones (excluding diaryl/α,β-unsaturated/α-hetero) is 1. The molecule has 6 heteroatoms. The van der Waals surface area contributed by atoms with Gasteiger partial charge in [0.25, 0.3) is 11.7 Å². The number of ketones is 1. The highest BCUT2D eigenvalue weighted by atomic mass is 35.5. The number of ether oxygens (including phenoxy) is 1. The van der Waals surface area contributed by atoms with Crippen molar-refractivity contribution in [3.8, 4) is 5.75 Å². The van der Waals surface area contributed by atoms with Crippen molar-refractivity contribution in [3.05, 3.63) is 106 Å². The zero-order chi connectivity index (χ0) is 22.8. The number of halogens is 1. The molecular weight excluding hydrogens is 426 g/mol. The molecule has 1 heterocycles. The van der Waals surface area contributed by atoms with Gasteiger partial charge in [0.05, 0.1) is 25.3 Å². The zero-order valence-corrected chi connectivity index (χ0v) is 18.5. The summed E-state index contributed by atoms with van der Waals surface area (Å²) in [5, 5.41) is 11.5. The van der Waals surface area contributed by atoms with Crippen LogP contribution in [-0.2, 0) is 16.1 Å². The Labute approximate surface area is 191 Å². The van der Waals surface area contributed by atoms with Crippen LogP contribution in [0, 0.1) is 6.92 Å². The summed E-state index contributed by atoms with van der Waals surface area (Å²) in [6.07, 6.45) is 0. The lowest BCUT2D eigenvalue weighted by Gasteiger charge is -2.26. The monoisotopic (exact) mass is 447 g/mol. The first-order valence-electron chi connectivity index (χ1n) is 10.1. The molecule has 1 aliphatic rings. The molecule has 3 aromatic carbocycles. The van der Waals surface area contributed by atoms with Gasteiger partial charge in [-0.1, -0.05) is 71.8 Å². The van der Waals surface area contributed by atoms with Crippen LogP contribution in [0.4, 0.5) is 0 Å². The highest BCUT2D eigenvalue weighted by Crippen LogP contribution is 2.41. The van der Waals surface area contributed by atoms with Gasteiger partial charge >= 0.3 is 0 Å². The third kappa shape index (κ3) is 3.99. The molecule has 162 valence electrons. The summed E-state index contributed by atoms with van der Waals surface area (Å²) in [5.41, 5.74) is 2.90. The first-order chi connectivity index (χ1) is 15.4. The van der Waals surface area contributed by atoms with Crippen LogP contribution in [0.15, 0.2) is 78.4 Å². The third-order valence-corrected chi connectivity index (χ3v) is 5.76. The Morgan fingerprint density at radius 3 is 2.50 bits per heavy atom. The molecule has 0 aliphatic carbocycles. The molecule has 0 bridgehead atoms. The summed E-state index contributed by atoms with van der Waals surface area (Å²) < 4.78 is 5.44. The number of hydrogen-bond acceptors (Lipinski definition) is 4. The number of nitrogens with zero attached hydrogens (tertiary/aromatic N) is 1. The maximum atomic E-state index is 13.2. The summed E-state index contributed by atoms with van der Waals surface area (Å²) >= 11 is 6.09. The Kier molecular flexibility index (Phi) is 6.01. The molecule has 1 amide bonds. The van der Waals surface area contributed by atoms with Crippen molar-refractivity contribution in [2.24, 2.45) is 0 Å². The van der Waals surface area contributed by atoms with E-state index >= 15 is 0 Å². The van der Waals surface area contributed by atoms with Gasteiger partial charge in [-0.3, -0.25) is 9.59 Å². The van der Waals surface area contributed by atoms with Gasteiger partial charge < -0.3 is 14.7 Å². The highest BCUT2D eigenvalue weighted by molar-refractivity contribution is 6.46. The molecule has 0 radical (unpaired) electrons. The molecular formula is C26H22ClNO4. The molecule has 1 aliphatic heterocycles. The molecule has 32 heavy (non-hydrogen) atoms. The van der Waals surface area contributed by atoms with Crippen molar-refractivity contribution < 1.29 is 19.4 Å². The van der Waals surface area contributed by atoms with Gasteiger partial charge in [0.2, 0.25) is 0 Å². The Morgan fingerprint density at radius 2 is 1.78 bits per heavy atom. The van der Waals surface area contributed by atoms with Crippen molar-refractivity contribution in [2.45, 2.75) is 19.5 Å². The van der Waals surface area contributed by atoms with E-state index in [0.717, 1.165) is 16.7 Å². The molecule has 5 nitrogen and oxygen atoms in total. The number of aliphatic hydroxyl groups excluding tert-OH is 1. The lowest BCUT2D eigenvalue weighted by atomic mass is 9.94. The summed E-state index contributed by atoms with van der Waals surface area (Å²) in [4.78, 5) is 27.8. The number of benzene rings is 3. The molecule has 1 saturated heterocycles. The number of amides is 1. The molecule has 1 N–H and O–H groups in total. The van der Waals surface area contributed by atoms with Crippen LogP contribution in [0.5, 0.6) is 5.75 Å². The average Bonchev–Trinajstić information content (AvgIpc) is 3.04. The van der Waals surface area contributed by atoms with E-state index in [2.05, 4.69) is 0 Å². The second-order valence-electron chi connectivity index (χ2n) is 7.66. The number of para-hydroxylation sites is 1. The second-order valence-corrected chi connectivity index (χ2v) is 8.10. The average molecular weight is 448 g/mol. The molecule has 1 unspecified atom stereocenters. The number of rotatable bonds is 5. The molecule has 1 atom stereocenters. The van der Waals surface area contributed by atoms with Gasteiger partial charge in [-0.25, -0.2) is 0 Å². The first-order valence-corrected chi connectivity index (χ1v) is 10.5. The topological polar surface area (TPSA) is 66.8 Å². The fourth-order valence-electron chi connectivity index (χ4n) is 4.04. The van der Waals surface area contributed by atoms with E-state index in [1.54, 1.807) is 37.4 Å². The van der Waals surface area contributed by atoms with Crippen LogP contribution in [0.25, 0.3) is 5.76 Å². The smallest absolute Gasteiger partial charge is 0.295 e. The van der Waals surface area contributed by atoms with E-state index in [4.69, 9.17) is 16.3 Å². The first kappa shape index (κ1) is 21.7. The minimum Gasteiger partial charge on any atom is -0.507 e. The van der Waals surface area contributed by atoms with E-state index < -0.39 is 17.7 Å². The normalized spacial score (nSPS) is 17.6. The molecule has 1 fully saturated rings. The maximum Gasteiger partial charge on any atom is 0.295 e. The van der Waals surface area contributed by atoms with Crippen molar-refractivity contribution in [1.29, 1.82) is 0 Å². The molecule has 4 rings (SSSR count). The summed E-state index contributed by atoms with van der Waals surface area (Å²) in [7, 11) is 1.56. The molecule has 0 aromatic heterocycles. The second kappa shape index (κ2) is 8.89. The lowest BCUT2D eigenvalue weighted by molar-refractivity contribution is -0.140. The predicted octanol–water partition coefficient (Wildman–Crippen LogP) is 5.28. The molecule has 3 aromatic rings. The number of aryl methyl sites for hydroxylation is 1. The minimum absolute atomic E-state index is 0.0396. The summed E-state index contributed by atoms with van der Waals surface area (Å²) in [6, 6.07) is 20.7. The summed E-state index contributed by atoms with van der Waals surface area (Å²) in [6.45, 7) is 2.09. The number of hydrogen-bond donors (Lipinski definition) is 1. The van der Waals surface area contributed by atoms with E-state index in [1.807, 2.05) is 49.4 Å². The Hall–Kier alpha value is -3.57. The maximum absolute atomic E-state index is 13.2. The number of likely N-dealkylation sites (tertiary alicyclic amines) is 1. The lowest BCUT2D eigenvalue weighted by Crippen LogP contribution is -2.29. The fraction of sp³-hybridized carbons (Fsp3) is 0.154. The van der Waals surface area contributed by atoms with Crippen LogP contribution < -0.4 is 4.74 Å². The largest absolute Gasteiger partial charge is 0.507 e. The highest BCUT2D eigenvalue weighted by Gasteiger charge is 2.46. The Bertz CT molecular complexity index is 1230. The number of aliphatic hydroxyl groups is 1. The van der Waals surface area contributed by atoms with E-state index in [9.17, 15) is 14.7 Å².